The Labute approximate surface area is 50.2 Å². The Kier molecular flexibility index (Phi) is 2.57. The zero-order chi connectivity index (χ0) is 5.91. The Balaban J connectivity index is 3.58. The molecule has 0 aromatic rings. The van der Waals surface area contributed by atoms with Gasteiger partial charge < -0.3 is 4.98 Å². The molecule has 1 nitrogen and oxygen atoms in total. The molecule has 3 heteroatoms. The van der Waals surface area contributed by atoms with Crippen molar-refractivity contribution in [3.8, 4) is 0 Å². The molecule has 0 saturated heterocycles. The summed E-state index contributed by atoms with van der Waals surface area (Å²) >= 11 is 5.81. The molecule has 0 saturated carbocycles. The monoisotopic (exact) mass is 135 g/mol. The first kappa shape index (κ1) is 7.21. The summed E-state index contributed by atoms with van der Waals surface area (Å²) in [5, 5.41) is 0. The van der Waals surface area contributed by atoms with Crippen LogP contribution in [0.2, 0.25) is 6.55 Å². The average molecular weight is 136 g/mol. The Hall–Kier alpha value is 0.207. The van der Waals surface area contributed by atoms with Crippen LogP contribution in [-0.2, 0) is 0 Å². The molecule has 7 heavy (non-hydrogen) atoms. The van der Waals surface area contributed by atoms with Crippen molar-refractivity contribution in [1.82, 2.24) is 4.98 Å². The van der Waals surface area contributed by atoms with E-state index in [0.717, 1.165) is 0 Å². The lowest BCUT2D eigenvalue weighted by Gasteiger charge is -2.09. The molecule has 0 fully saturated rings. The third-order valence-corrected chi connectivity index (χ3v) is 3.65. The van der Waals surface area contributed by atoms with Gasteiger partial charge in [0.25, 0.3) is 0 Å². The van der Waals surface area contributed by atoms with Crippen LogP contribution in [0.4, 0.5) is 0 Å². The van der Waals surface area contributed by atoms with Gasteiger partial charge in [-0.1, -0.05) is 5.70 Å². The molecule has 0 aliphatic carbocycles. The summed E-state index contributed by atoms with van der Waals surface area (Å²) in [6, 6.07) is 0. The predicted octanol–water partition coefficient (Wildman–Crippen LogP) is 1.24. The van der Waals surface area contributed by atoms with E-state index in [1.54, 1.807) is 5.70 Å². The number of halogens is 1. The van der Waals surface area contributed by atoms with Crippen molar-refractivity contribution in [1.29, 1.82) is 0 Å². The molecule has 0 aromatic carbocycles. The molecule has 0 bridgehead atoms. The normalized spacial score (nSPS) is 18.1. The molecule has 0 radical (unpaired) electrons. The molecule has 1 N–H and O–H groups in total. The van der Waals surface area contributed by atoms with Gasteiger partial charge in [-0.15, -0.1) is 17.7 Å². The molecular formula is C4H10ClNSi. The highest BCUT2D eigenvalue weighted by Crippen LogP contribution is 2.01. The fraction of sp³-hybridized carbons (Fsp3) is 0.500. The highest BCUT2D eigenvalue weighted by molar-refractivity contribution is 7.21. The van der Waals surface area contributed by atoms with E-state index in [4.69, 9.17) is 11.1 Å². The van der Waals surface area contributed by atoms with Crippen LogP contribution in [0.25, 0.3) is 0 Å². The van der Waals surface area contributed by atoms with Crippen LogP contribution in [-0.4, -0.2) is 14.6 Å². The summed E-state index contributed by atoms with van der Waals surface area (Å²) < 4.78 is 0. The lowest BCUT2D eigenvalue weighted by atomic mass is 11.3. The summed E-state index contributed by atoms with van der Waals surface area (Å²) in [4.78, 5) is 2.98. The SMILES string of the molecule is C=C[Si](C)(Cl)NC. The van der Waals surface area contributed by atoms with Gasteiger partial charge in [0.1, 0.15) is 0 Å². The fourth-order valence-corrected chi connectivity index (χ4v) is 0.306. The van der Waals surface area contributed by atoms with Crippen LogP contribution in [0.3, 0.4) is 0 Å². The highest BCUT2D eigenvalue weighted by atomic mass is 35.6. The second kappa shape index (κ2) is 2.50. The van der Waals surface area contributed by atoms with Crippen LogP contribution in [0, 0.1) is 0 Å². The third kappa shape index (κ3) is 2.85. The standard InChI is InChI=1S/C4H10ClNSi/c1-4-7(3,5)6-2/h4,6H,1H2,2-3H3. The second-order valence-electron chi connectivity index (χ2n) is 1.53. The summed E-state index contributed by atoms with van der Waals surface area (Å²) in [6.07, 6.45) is 0. The number of hydrogen-bond acceptors (Lipinski definition) is 1. The van der Waals surface area contributed by atoms with Crippen molar-refractivity contribution in [2.45, 2.75) is 6.55 Å². The Bertz CT molecular complexity index is 72.1. The predicted molar refractivity (Wildman–Crippen MR) is 36.7 cm³/mol. The van der Waals surface area contributed by atoms with Crippen molar-refractivity contribution in [2.24, 2.45) is 0 Å². The maximum Gasteiger partial charge on any atom is 0.246 e. The second-order valence-corrected chi connectivity index (χ2v) is 6.94. The van der Waals surface area contributed by atoms with Crippen LogP contribution in [0.1, 0.15) is 0 Å². The minimum atomic E-state index is -1.67. The zero-order valence-electron chi connectivity index (χ0n) is 4.66. The van der Waals surface area contributed by atoms with Crippen molar-refractivity contribution >= 4 is 18.6 Å². The fourth-order valence-electron chi connectivity index (χ4n) is 0.102. The Morgan fingerprint density at radius 3 is 2.29 bits per heavy atom. The van der Waals surface area contributed by atoms with E-state index in [1.807, 2.05) is 13.6 Å². The lowest BCUT2D eigenvalue weighted by molar-refractivity contribution is 1.21. The largest absolute Gasteiger partial charge is 0.325 e. The molecule has 1 unspecified atom stereocenters. The van der Waals surface area contributed by atoms with Crippen molar-refractivity contribution in [3.05, 3.63) is 12.3 Å². The van der Waals surface area contributed by atoms with E-state index in [1.165, 1.54) is 0 Å². The summed E-state index contributed by atoms with van der Waals surface area (Å²) in [5.74, 6) is 0. The average Bonchev–Trinajstić information content (AvgIpc) is 1.68. The number of nitrogens with one attached hydrogen (secondary N) is 1. The van der Waals surface area contributed by atoms with Gasteiger partial charge in [-0.3, -0.25) is 0 Å². The van der Waals surface area contributed by atoms with Crippen LogP contribution < -0.4 is 4.98 Å². The first-order valence-electron chi connectivity index (χ1n) is 2.14. The quantitative estimate of drug-likeness (QED) is 0.444. The van der Waals surface area contributed by atoms with E-state index in [9.17, 15) is 0 Å². The Morgan fingerprint density at radius 2 is 2.29 bits per heavy atom. The molecule has 0 heterocycles. The van der Waals surface area contributed by atoms with E-state index in [0.29, 0.717) is 0 Å². The minimum absolute atomic E-state index is 1.67. The molecule has 0 spiro atoms. The first-order valence-corrected chi connectivity index (χ1v) is 5.73. The van der Waals surface area contributed by atoms with E-state index >= 15 is 0 Å². The van der Waals surface area contributed by atoms with Gasteiger partial charge in [-0.2, -0.15) is 0 Å². The summed E-state index contributed by atoms with van der Waals surface area (Å²) in [6.45, 7) is 5.54. The maximum absolute atomic E-state index is 5.81. The number of rotatable bonds is 2. The maximum atomic E-state index is 5.81. The smallest absolute Gasteiger partial charge is 0.246 e. The first-order chi connectivity index (χ1) is 3.12. The third-order valence-electron chi connectivity index (χ3n) is 0.872. The van der Waals surface area contributed by atoms with Gasteiger partial charge in [-0.25, -0.2) is 0 Å². The minimum Gasteiger partial charge on any atom is -0.325 e. The molecule has 0 amide bonds. The number of hydrogen-bond donors (Lipinski definition) is 1. The van der Waals surface area contributed by atoms with Crippen LogP contribution >= 0.6 is 11.1 Å². The molecular weight excluding hydrogens is 126 g/mol. The molecule has 1 atom stereocenters. The lowest BCUT2D eigenvalue weighted by Crippen LogP contribution is -2.36. The molecule has 0 aliphatic heterocycles. The van der Waals surface area contributed by atoms with Crippen LogP contribution in [0.15, 0.2) is 12.3 Å². The van der Waals surface area contributed by atoms with Crippen LogP contribution in [0.5, 0.6) is 0 Å². The van der Waals surface area contributed by atoms with Gasteiger partial charge in [-0.05, 0) is 13.6 Å². The zero-order valence-corrected chi connectivity index (χ0v) is 6.42. The summed E-state index contributed by atoms with van der Waals surface area (Å²) in [5.41, 5.74) is 1.79. The van der Waals surface area contributed by atoms with Gasteiger partial charge in [0.2, 0.25) is 7.55 Å². The highest BCUT2D eigenvalue weighted by Gasteiger charge is 2.15. The van der Waals surface area contributed by atoms with Gasteiger partial charge in [0, 0.05) is 0 Å². The van der Waals surface area contributed by atoms with Gasteiger partial charge in [0.05, 0.1) is 0 Å². The Morgan fingerprint density at radius 1 is 1.86 bits per heavy atom. The van der Waals surface area contributed by atoms with E-state index in [-0.39, 0.29) is 0 Å². The van der Waals surface area contributed by atoms with Gasteiger partial charge in [0.15, 0.2) is 0 Å². The van der Waals surface area contributed by atoms with Crippen molar-refractivity contribution in [2.75, 3.05) is 7.05 Å². The molecule has 0 aliphatic rings. The van der Waals surface area contributed by atoms with E-state index in [2.05, 4.69) is 11.6 Å². The molecule has 0 rings (SSSR count). The van der Waals surface area contributed by atoms with Gasteiger partial charge >= 0.3 is 0 Å². The van der Waals surface area contributed by atoms with Crippen molar-refractivity contribution in [3.63, 3.8) is 0 Å². The molecule has 0 aromatic heterocycles. The van der Waals surface area contributed by atoms with Crippen molar-refractivity contribution < 1.29 is 0 Å². The van der Waals surface area contributed by atoms with E-state index < -0.39 is 7.55 Å². The molecule has 42 valence electrons. The summed E-state index contributed by atoms with van der Waals surface area (Å²) in [7, 11) is 0.183. The topological polar surface area (TPSA) is 12.0 Å².